The van der Waals surface area contributed by atoms with E-state index in [1.54, 1.807) is 24.1 Å². The second kappa shape index (κ2) is 13.0. The largest absolute Gasteiger partial charge is 0.497 e. The van der Waals surface area contributed by atoms with Gasteiger partial charge >= 0.3 is 0 Å². The van der Waals surface area contributed by atoms with Crippen LogP contribution in [0.25, 0.3) is 0 Å². The Labute approximate surface area is 188 Å². The summed E-state index contributed by atoms with van der Waals surface area (Å²) in [6, 6.07) is 13.2. The number of hydrogen-bond acceptors (Lipinski definition) is 4. The molecule has 2 amide bonds. The van der Waals surface area contributed by atoms with Gasteiger partial charge in [-0.2, -0.15) is 0 Å². The van der Waals surface area contributed by atoms with Crippen molar-refractivity contribution in [1.29, 1.82) is 0 Å². The molecule has 168 valence electrons. The number of rotatable bonds is 12. The van der Waals surface area contributed by atoms with Gasteiger partial charge < -0.3 is 15.0 Å². The first-order valence-electron chi connectivity index (χ1n) is 10.5. The van der Waals surface area contributed by atoms with Crippen molar-refractivity contribution in [3.05, 3.63) is 65.5 Å². The summed E-state index contributed by atoms with van der Waals surface area (Å²) in [5, 5.41) is 2.91. The first kappa shape index (κ1) is 24.7. The third-order valence-electron chi connectivity index (χ3n) is 4.85. The van der Waals surface area contributed by atoms with E-state index in [2.05, 4.69) is 5.32 Å². The maximum atomic E-state index is 13.1. The van der Waals surface area contributed by atoms with E-state index in [9.17, 15) is 14.0 Å². The van der Waals surface area contributed by atoms with Gasteiger partial charge in [0.05, 0.1) is 12.9 Å². The van der Waals surface area contributed by atoms with Crippen LogP contribution >= 0.6 is 11.8 Å². The highest BCUT2D eigenvalue weighted by Crippen LogP contribution is 2.19. The summed E-state index contributed by atoms with van der Waals surface area (Å²) in [5.41, 5.74) is 1.88. The SMILES string of the molecule is CCCNC(=O)C(CC)N(Cc1ccc(OC)cc1)C(=O)CSCc1ccc(F)cc1. The van der Waals surface area contributed by atoms with E-state index in [0.29, 0.717) is 25.3 Å². The second-order valence-electron chi connectivity index (χ2n) is 7.20. The van der Waals surface area contributed by atoms with Crippen LogP contribution in [-0.4, -0.2) is 42.2 Å². The maximum absolute atomic E-state index is 13.1. The van der Waals surface area contributed by atoms with E-state index in [4.69, 9.17) is 4.74 Å². The number of hydrogen-bond donors (Lipinski definition) is 1. The summed E-state index contributed by atoms with van der Waals surface area (Å²) in [4.78, 5) is 27.5. The number of benzene rings is 2. The molecule has 0 spiro atoms. The predicted octanol–water partition coefficient (Wildman–Crippen LogP) is 4.40. The molecule has 0 aromatic heterocycles. The van der Waals surface area contributed by atoms with Crippen molar-refractivity contribution in [2.75, 3.05) is 19.4 Å². The van der Waals surface area contributed by atoms with Crippen molar-refractivity contribution in [2.45, 2.75) is 45.0 Å². The molecule has 1 atom stereocenters. The third-order valence-corrected chi connectivity index (χ3v) is 5.84. The van der Waals surface area contributed by atoms with Crippen molar-refractivity contribution >= 4 is 23.6 Å². The zero-order valence-electron chi connectivity index (χ0n) is 18.4. The number of methoxy groups -OCH3 is 1. The molecule has 0 aliphatic rings. The standard InChI is InChI=1S/C24H31FN2O3S/c1-4-14-26-24(29)22(5-2)27(15-18-8-12-21(30-3)13-9-18)23(28)17-31-16-19-6-10-20(25)11-7-19/h6-13,22H,4-5,14-17H2,1-3H3,(H,26,29). The summed E-state index contributed by atoms with van der Waals surface area (Å²) >= 11 is 1.46. The molecule has 31 heavy (non-hydrogen) atoms. The van der Waals surface area contributed by atoms with Crippen molar-refractivity contribution in [2.24, 2.45) is 0 Å². The molecule has 0 aliphatic heterocycles. The van der Waals surface area contributed by atoms with Gasteiger partial charge in [-0.15, -0.1) is 11.8 Å². The van der Waals surface area contributed by atoms with Crippen LogP contribution in [-0.2, 0) is 21.9 Å². The van der Waals surface area contributed by atoms with Gasteiger partial charge in [0.25, 0.3) is 0 Å². The molecule has 2 rings (SSSR count). The van der Waals surface area contributed by atoms with Crippen molar-refractivity contribution in [1.82, 2.24) is 10.2 Å². The minimum absolute atomic E-state index is 0.0959. The second-order valence-corrected chi connectivity index (χ2v) is 8.19. The number of ether oxygens (including phenoxy) is 1. The summed E-state index contributed by atoms with van der Waals surface area (Å²) in [6.45, 7) is 4.83. The summed E-state index contributed by atoms with van der Waals surface area (Å²) in [7, 11) is 1.61. The summed E-state index contributed by atoms with van der Waals surface area (Å²) < 4.78 is 18.3. The minimum atomic E-state index is -0.535. The van der Waals surface area contributed by atoms with Crippen molar-refractivity contribution in [3.8, 4) is 5.75 Å². The topological polar surface area (TPSA) is 58.6 Å². The van der Waals surface area contributed by atoms with Crippen LogP contribution in [0, 0.1) is 5.82 Å². The lowest BCUT2D eigenvalue weighted by atomic mass is 10.1. The Balaban J connectivity index is 2.10. The number of carbonyl (C=O) groups excluding carboxylic acids is 2. The molecule has 2 aromatic carbocycles. The summed E-state index contributed by atoms with van der Waals surface area (Å²) in [6.07, 6.45) is 1.36. The molecule has 0 aliphatic carbocycles. The molecule has 0 heterocycles. The van der Waals surface area contributed by atoms with E-state index < -0.39 is 6.04 Å². The Morgan fingerprint density at radius 2 is 1.71 bits per heavy atom. The molecule has 7 heteroatoms. The number of halogens is 1. The van der Waals surface area contributed by atoms with E-state index in [0.717, 1.165) is 23.3 Å². The van der Waals surface area contributed by atoms with Crippen LogP contribution in [0.5, 0.6) is 5.75 Å². The van der Waals surface area contributed by atoms with Crippen LogP contribution in [0.3, 0.4) is 0 Å². The Morgan fingerprint density at radius 1 is 1.06 bits per heavy atom. The first-order valence-corrected chi connectivity index (χ1v) is 11.7. The molecule has 2 aromatic rings. The molecular formula is C24H31FN2O3S. The number of carbonyl (C=O) groups is 2. The van der Waals surface area contributed by atoms with Gasteiger partial charge in [0.2, 0.25) is 11.8 Å². The number of amides is 2. The fourth-order valence-electron chi connectivity index (χ4n) is 3.13. The van der Waals surface area contributed by atoms with Gasteiger partial charge in [-0.3, -0.25) is 9.59 Å². The highest BCUT2D eigenvalue weighted by molar-refractivity contribution is 7.99. The Hall–Kier alpha value is -2.54. The monoisotopic (exact) mass is 446 g/mol. The lowest BCUT2D eigenvalue weighted by Crippen LogP contribution is -2.49. The quantitative estimate of drug-likeness (QED) is 0.525. The molecule has 0 radical (unpaired) electrons. The lowest BCUT2D eigenvalue weighted by Gasteiger charge is -2.30. The molecule has 0 fully saturated rings. The van der Waals surface area contributed by atoms with Gasteiger partial charge in [-0.05, 0) is 48.2 Å². The average Bonchev–Trinajstić information content (AvgIpc) is 2.79. The normalized spacial score (nSPS) is 11.6. The molecular weight excluding hydrogens is 415 g/mol. The predicted molar refractivity (Wildman–Crippen MR) is 123 cm³/mol. The fourth-order valence-corrected chi connectivity index (χ4v) is 4.00. The van der Waals surface area contributed by atoms with Gasteiger partial charge in [0, 0.05) is 18.8 Å². The van der Waals surface area contributed by atoms with Crippen LogP contribution in [0.4, 0.5) is 4.39 Å². The Kier molecular flexibility index (Phi) is 10.4. The van der Waals surface area contributed by atoms with E-state index >= 15 is 0 Å². The molecule has 5 nitrogen and oxygen atoms in total. The van der Waals surface area contributed by atoms with Crippen LogP contribution in [0.15, 0.2) is 48.5 Å². The zero-order chi connectivity index (χ0) is 22.6. The molecule has 1 unspecified atom stereocenters. The average molecular weight is 447 g/mol. The third kappa shape index (κ3) is 7.90. The maximum Gasteiger partial charge on any atom is 0.242 e. The van der Waals surface area contributed by atoms with Gasteiger partial charge in [-0.25, -0.2) is 4.39 Å². The summed E-state index contributed by atoms with van der Waals surface area (Å²) in [5.74, 6) is 1.08. The fraction of sp³-hybridized carbons (Fsp3) is 0.417. The van der Waals surface area contributed by atoms with E-state index in [1.165, 1.54) is 23.9 Å². The van der Waals surface area contributed by atoms with Crippen LogP contribution in [0.2, 0.25) is 0 Å². The minimum Gasteiger partial charge on any atom is -0.497 e. The first-order chi connectivity index (χ1) is 15.0. The van der Waals surface area contributed by atoms with Crippen LogP contribution < -0.4 is 10.1 Å². The lowest BCUT2D eigenvalue weighted by molar-refractivity contribution is -0.139. The molecule has 0 bridgehead atoms. The number of nitrogens with one attached hydrogen (secondary N) is 1. The molecule has 1 N–H and O–H groups in total. The smallest absolute Gasteiger partial charge is 0.242 e. The highest BCUT2D eigenvalue weighted by Gasteiger charge is 2.28. The van der Waals surface area contributed by atoms with Crippen LogP contribution in [0.1, 0.15) is 37.8 Å². The van der Waals surface area contributed by atoms with Gasteiger partial charge in [0.15, 0.2) is 0 Å². The molecule has 0 saturated carbocycles. The van der Waals surface area contributed by atoms with E-state index in [-0.39, 0.29) is 23.4 Å². The number of thioether (sulfide) groups is 1. The van der Waals surface area contributed by atoms with Gasteiger partial charge in [-0.1, -0.05) is 38.1 Å². The van der Waals surface area contributed by atoms with E-state index in [1.807, 2.05) is 38.1 Å². The highest BCUT2D eigenvalue weighted by atomic mass is 32.2. The zero-order valence-corrected chi connectivity index (χ0v) is 19.2. The van der Waals surface area contributed by atoms with Crippen molar-refractivity contribution < 1.29 is 18.7 Å². The number of nitrogens with zero attached hydrogens (tertiary/aromatic N) is 1. The van der Waals surface area contributed by atoms with Crippen molar-refractivity contribution in [3.63, 3.8) is 0 Å². The van der Waals surface area contributed by atoms with Gasteiger partial charge in [0.1, 0.15) is 17.6 Å². The Bertz CT molecular complexity index is 828. The molecule has 0 saturated heterocycles. The Morgan fingerprint density at radius 3 is 2.29 bits per heavy atom.